The van der Waals surface area contributed by atoms with Crippen LogP contribution in [0.2, 0.25) is 13.1 Å². The molecule has 0 aliphatic rings. The molecule has 2 aromatic carbocycles. The molecule has 0 amide bonds. The zero-order valence-electron chi connectivity index (χ0n) is 18.0. The van der Waals surface area contributed by atoms with Crippen LogP contribution in [0.25, 0.3) is 0 Å². The third kappa shape index (κ3) is 4.27. The third-order valence-corrected chi connectivity index (χ3v) is 9.07. The zero-order chi connectivity index (χ0) is 21.4. The van der Waals surface area contributed by atoms with Crippen LogP contribution in [0.1, 0.15) is 54.1 Å². The Morgan fingerprint density at radius 3 is 1.25 bits per heavy atom. The maximum atomic E-state index is 13.9. The van der Waals surface area contributed by atoms with Crippen molar-refractivity contribution in [3.63, 3.8) is 0 Å². The minimum Gasteiger partial charge on any atom is -0.363 e. The van der Waals surface area contributed by atoms with Gasteiger partial charge in [0.05, 0.1) is 0 Å². The van der Waals surface area contributed by atoms with Crippen molar-refractivity contribution in [2.45, 2.75) is 54.6 Å². The molecule has 0 N–H and O–H groups in total. The first-order chi connectivity index (χ1) is 12.9. The van der Waals surface area contributed by atoms with E-state index in [9.17, 15) is 14.2 Å². The molecule has 0 aliphatic heterocycles. The Morgan fingerprint density at radius 2 is 1.00 bits per heavy atom. The van der Waals surface area contributed by atoms with E-state index >= 15 is 0 Å². The van der Waals surface area contributed by atoms with E-state index in [2.05, 4.69) is 0 Å². The Bertz CT molecular complexity index is 888. The molecule has 0 fully saturated rings. The number of hydrogen-bond donors (Lipinski definition) is 0. The molecule has 0 radical (unpaired) electrons. The first kappa shape index (κ1) is 22.5. The lowest BCUT2D eigenvalue weighted by Gasteiger charge is -2.22. The van der Waals surface area contributed by atoms with Crippen LogP contribution in [-0.2, 0) is 8.78 Å². The van der Waals surface area contributed by atoms with E-state index in [0.717, 1.165) is 11.1 Å². The highest BCUT2D eigenvalue weighted by molar-refractivity contribution is 7.92. The molecule has 0 saturated carbocycles. The van der Waals surface area contributed by atoms with Crippen LogP contribution < -0.4 is 0 Å². The summed E-state index contributed by atoms with van der Waals surface area (Å²) < 4.78 is 19.7. The van der Waals surface area contributed by atoms with Gasteiger partial charge in [-0.3, -0.25) is 14.2 Å². The molecular weight excluding hydrogens is 387 g/mol. The number of hydrogen-bond acceptors (Lipinski definition) is 4. The van der Waals surface area contributed by atoms with Crippen LogP contribution in [0.4, 0.5) is 0 Å². The van der Waals surface area contributed by atoms with E-state index < -0.39 is 27.5 Å². The van der Waals surface area contributed by atoms with Gasteiger partial charge in [0.1, 0.15) is 0 Å². The highest BCUT2D eigenvalue weighted by Crippen LogP contribution is 2.55. The van der Waals surface area contributed by atoms with Gasteiger partial charge in [0.2, 0.25) is 0 Å². The Labute approximate surface area is 169 Å². The molecule has 0 heterocycles. The Kier molecular flexibility index (Phi) is 6.65. The number of carbonyl (C=O) groups excluding carboxylic acids is 2. The maximum Gasteiger partial charge on any atom is 0.330 e. The highest BCUT2D eigenvalue weighted by Gasteiger charge is 2.45. The van der Waals surface area contributed by atoms with Crippen LogP contribution in [0.15, 0.2) is 24.3 Å². The molecule has 2 rings (SSSR count). The van der Waals surface area contributed by atoms with Crippen molar-refractivity contribution in [3.8, 4) is 0 Å². The molecule has 0 spiro atoms. The third-order valence-electron chi connectivity index (χ3n) is 4.68. The zero-order valence-corrected chi connectivity index (χ0v) is 20.0. The van der Waals surface area contributed by atoms with Crippen molar-refractivity contribution in [1.82, 2.24) is 0 Å². The Balaban J connectivity index is 2.71. The van der Waals surface area contributed by atoms with Gasteiger partial charge < -0.3 is 4.21 Å². The van der Waals surface area contributed by atoms with E-state index in [1.165, 1.54) is 0 Å². The lowest BCUT2D eigenvalue weighted by Crippen LogP contribution is -2.21. The fourth-order valence-corrected chi connectivity index (χ4v) is 8.43. The van der Waals surface area contributed by atoms with Crippen molar-refractivity contribution < 1.29 is 18.4 Å². The molecule has 0 aliphatic carbocycles. The summed E-state index contributed by atoms with van der Waals surface area (Å²) >= 11 is 0. The van der Waals surface area contributed by atoms with E-state index in [1.807, 2.05) is 51.2 Å². The fourth-order valence-electron chi connectivity index (χ4n) is 3.81. The largest absolute Gasteiger partial charge is 0.363 e. The second kappa shape index (κ2) is 8.28. The first-order valence-corrected chi connectivity index (χ1v) is 13.8. The smallest absolute Gasteiger partial charge is 0.330 e. The van der Waals surface area contributed by atoms with Crippen LogP contribution in [0.3, 0.4) is 0 Å². The molecule has 0 bridgehead atoms. The first-order valence-electron chi connectivity index (χ1n) is 9.42. The van der Waals surface area contributed by atoms with E-state index in [1.54, 1.807) is 27.7 Å². The predicted molar refractivity (Wildman–Crippen MR) is 118 cm³/mol. The quantitative estimate of drug-likeness (QED) is 0.441. The molecule has 0 aromatic heterocycles. The number of carbonyl (C=O) groups is 2. The highest BCUT2D eigenvalue weighted by atomic mass is 31.2. The lowest BCUT2D eigenvalue weighted by atomic mass is 10.0. The minimum atomic E-state index is -4.26. The van der Waals surface area contributed by atoms with Gasteiger partial charge in [0.25, 0.3) is 11.0 Å². The van der Waals surface area contributed by atoms with Crippen molar-refractivity contribution in [3.05, 3.63) is 68.8 Å². The summed E-state index contributed by atoms with van der Waals surface area (Å²) in [5.41, 5.74) is 4.15. The molecular formula is C22H29O4PSi. The Hall–Kier alpha value is -1.81. The van der Waals surface area contributed by atoms with Gasteiger partial charge in [-0.05, 0) is 76.9 Å². The summed E-state index contributed by atoms with van der Waals surface area (Å²) in [5, 5.41) is 0. The summed E-state index contributed by atoms with van der Waals surface area (Å²) in [6.07, 6.45) is 0. The van der Waals surface area contributed by atoms with Crippen molar-refractivity contribution in [2.24, 2.45) is 0 Å². The van der Waals surface area contributed by atoms with Crippen LogP contribution in [0, 0.1) is 41.5 Å². The second-order valence-electron chi connectivity index (χ2n) is 7.86. The summed E-state index contributed by atoms with van der Waals surface area (Å²) in [5.74, 6) is 0. The Morgan fingerprint density at radius 1 is 0.714 bits per heavy atom. The molecule has 0 unspecified atom stereocenters. The predicted octanol–water partition coefficient (Wildman–Crippen LogP) is 5.80. The summed E-state index contributed by atoms with van der Waals surface area (Å²) in [7, 11) is -6.20. The van der Waals surface area contributed by atoms with E-state index in [4.69, 9.17) is 4.21 Å². The summed E-state index contributed by atoms with van der Waals surface area (Å²) in [4.78, 5) is 26.9. The molecule has 28 heavy (non-hydrogen) atoms. The second-order valence-corrected chi connectivity index (χ2v) is 12.7. The van der Waals surface area contributed by atoms with Gasteiger partial charge >= 0.3 is 7.37 Å². The molecule has 6 heteroatoms. The van der Waals surface area contributed by atoms with Gasteiger partial charge in [-0.1, -0.05) is 35.4 Å². The van der Waals surface area contributed by atoms with Gasteiger partial charge in [-0.2, -0.15) is 0 Å². The number of benzene rings is 2. The van der Waals surface area contributed by atoms with Gasteiger partial charge in [0, 0.05) is 11.1 Å². The van der Waals surface area contributed by atoms with Crippen LogP contribution in [0.5, 0.6) is 0 Å². The number of aryl methyl sites for hydroxylation is 6. The SMILES string of the molecule is Cc1cc(C)c(C(=O)P(=O)(O[SiH](C)C)C(=O)c2c(C)cc(C)cc2C)c(C)c1. The van der Waals surface area contributed by atoms with Crippen molar-refractivity contribution in [1.29, 1.82) is 0 Å². The topological polar surface area (TPSA) is 60.4 Å². The lowest BCUT2D eigenvalue weighted by molar-refractivity contribution is 0.101. The molecule has 0 atom stereocenters. The average molecular weight is 417 g/mol. The van der Waals surface area contributed by atoms with Crippen molar-refractivity contribution in [2.75, 3.05) is 0 Å². The van der Waals surface area contributed by atoms with Crippen molar-refractivity contribution >= 4 is 27.5 Å². The van der Waals surface area contributed by atoms with Gasteiger partial charge in [-0.15, -0.1) is 0 Å². The van der Waals surface area contributed by atoms with E-state index in [-0.39, 0.29) is 0 Å². The molecule has 4 nitrogen and oxygen atoms in total. The molecule has 0 saturated heterocycles. The maximum absolute atomic E-state index is 13.9. The average Bonchev–Trinajstić information content (AvgIpc) is 2.51. The summed E-state index contributed by atoms with van der Waals surface area (Å²) in [6.45, 7) is 14.7. The molecule has 2 aromatic rings. The van der Waals surface area contributed by atoms with Gasteiger partial charge in [0.15, 0.2) is 9.04 Å². The summed E-state index contributed by atoms with van der Waals surface area (Å²) in [6, 6.07) is 7.46. The monoisotopic (exact) mass is 416 g/mol. The molecule has 150 valence electrons. The van der Waals surface area contributed by atoms with Crippen LogP contribution in [-0.4, -0.2) is 20.1 Å². The van der Waals surface area contributed by atoms with Crippen LogP contribution >= 0.6 is 7.37 Å². The van der Waals surface area contributed by atoms with Gasteiger partial charge in [-0.25, -0.2) is 0 Å². The fraction of sp³-hybridized carbons (Fsp3) is 0.364. The normalized spacial score (nSPS) is 11.8. The number of rotatable bonds is 6. The minimum absolute atomic E-state index is 0.333. The standard InChI is InChI=1S/C22H29O4PSi/c1-13-9-15(3)19(16(4)10-13)21(23)27(25,26-28(7)8)22(24)20-17(5)11-14(2)12-18(20)6/h9-12,28H,1-8H3. The van der Waals surface area contributed by atoms with E-state index in [0.29, 0.717) is 33.4 Å².